The molecule has 0 aromatic heterocycles. The van der Waals surface area contributed by atoms with E-state index >= 15 is 0 Å². The second-order valence-corrected chi connectivity index (χ2v) is 5.56. The first-order chi connectivity index (χ1) is 8.06. The molecule has 1 aliphatic rings. The highest BCUT2D eigenvalue weighted by atomic mass is 79.9. The van der Waals surface area contributed by atoms with E-state index in [1.165, 1.54) is 6.07 Å². The highest BCUT2D eigenvalue weighted by molar-refractivity contribution is 9.10. The van der Waals surface area contributed by atoms with E-state index in [0.29, 0.717) is 5.56 Å². The van der Waals surface area contributed by atoms with Crippen LogP contribution in [0.2, 0.25) is 0 Å². The number of carbonyl (C=O) groups is 1. The molecule has 0 spiro atoms. The molecule has 0 saturated heterocycles. The third kappa shape index (κ3) is 3.13. The van der Waals surface area contributed by atoms with Gasteiger partial charge in [-0.25, -0.2) is 4.39 Å². The van der Waals surface area contributed by atoms with Gasteiger partial charge in [-0.2, -0.15) is 0 Å². The quantitative estimate of drug-likeness (QED) is 0.933. The molecule has 2 N–H and O–H groups in total. The summed E-state index contributed by atoms with van der Waals surface area (Å²) in [6.07, 6.45) is 2.66. The first-order valence-corrected chi connectivity index (χ1v) is 6.58. The lowest BCUT2D eigenvalue weighted by Gasteiger charge is -2.09. The molecule has 0 heterocycles. The van der Waals surface area contributed by atoms with Crippen LogP contribution in [0.25, 0.3) is 0 Å². The van der Waals surface area contributed by atoms with Crippen LogP contribution in [0.1, 0.15) is 24.8 Å². The Bertz CT molecular complexity index is 435. The minimum absolute atomic E-state index is 0.0170. The normalized spacial score (nSPS) is 23.9. The molecule has 0 radical (unpaired) electrons. The number of nitrogens with two attached hydrogens (primary N) is 1. The smallest absolute Gasteiger partial charge is 0.140 e. The Labute approximate surface area is 109 Å². The van der Waals surface area contributed by atoms with Crippen molar-refractivity contribution in [3.8, 4) is 0 Å². The summed E-state index contributed by atoms with van der Waals surface area (Å²) >= 11 is 3.28. The fourth-order valence-corrected chi connectivity index (χ4v) is 2.73. The summed E-state index contributed by atoms with van der Waals surface area (Å²) in [6.45, 7) is 0. The Morgan fingerprint density at radius 3 is 2.88 bits per heavy atom. The van der Waals surface area contributed by atoms with Crippen LogP contribution in [-0.4, -0.2) is 11.8 Å². The van der Waals surface area contributed by atoms with Crippen molar-refractivity contribution in [1.29, 1.82) is 0 Å². The van der Waals surface area contributed by atoms with Gasteiger partial charge in [-0.3, -0.25) is 4.79 Å². The Hall–Kier alpha value is -0.740. The molecule has 1 aromatic carbocycles. The van der Waals surface area contributed by atoms with Crippen molar-refractivity contribution >= 4 is 21.7 Å². The average molecular weight is 300 g/mol. The van der Waals surface area contributed by atoms with Crippen LogP contribution in [-0.2, 0) is 11.2 Å². The number of ketones is 1. The lowest BCUT2D eigenvalue weighted by atomic mass is 9.96. The van der Waals surface area contributed by atoms with Crippen LogP contribution in [0.5, 0.6) is 0 Å². The summed E-state index contributed by atoms with van der Waals surface area (Å²) in [6, 6.07) is 4.82. The summed E-state index contributed by atoms with van der Waals surface area (Å²) in [5.41, 5.74) is 6.24. The molecule has 1 aliphatic carbocycles. The molecule has 2 unspecified atom stereocenters. The van der Waals surface area contributed by atoms with E-state index in [4.69, 9.17) is 5.73 Å². The summed E-state index contributed by atoms with van der Waals surface area (Å²) in [5, 5.41) is 0. The van der Waals surface area contributed by atoms with E-state index in [0.717, 1.165) is 23.7 Å². The highest BCUT2D eigenvalue weighted by Crippen LogP contribution is 2.27. The molecule has 17 heavy (non-hydrogen) atoms. The third-order valence-corrected chi connectivity index (χ3v) is 3.79. The molecule has 2 rings (SSSR count). The standard InChI is InChI=1S/C13H15BrFNO/c14-10-2-4-12(15)9(5-10)7-13(17)8-1-3-11(16)6-8/h2,4-5,8,11H,1,3,6-7,16H2. The van der Waals surface area contributed by atoms with Crippen LogP contribution in [0.4, 0.5) is 4.39 Å². The van der Waals surface area contributed by atoms with Crippen molar-refractivity contribution in [3.05, 3.63) is 34.1 Å². The van der Waals surface area contributed by atoms with Gasteiger partial charge in [0, 0.05) is 22.9 Å². The number of halogens is 2. The van der Waals surface area contributed by atoms with Crippen molar-refractivity contribution in [2.75, 3.05) is 0 Å². The minimum Gasteiger partial charge on any atom is -0.328 e. The Kier molecular flexibility index (Phi) is 3.94. The van der Waals surface area contributed by atoms with Crippen molar-refractivity contribution in [2.45, 2.75) is 31.7 Å². The van der Waals surface area contributed by atoms with Crippen molar-refractivity contribution < 1.29 is 9.18 Å². The van der Waals surface area contributed by atoms with Crippen molar-refractivity contribution in [1.82, 2.24) is 0 Å². The van der Waals surface area contributed by atoms with Gasteiger partial charge in [0.1, 0.15) is 11.6 Å². The fourth-order valence-electron chi connectivity index (χ4n) is 2.32. The lowest BCUT2D eigenvalue weighted by molar-refractivity contribution is -0.122. The van der Waals surface area contributed by atoms with Gasteiger partial charge in [-0.05, 0) is 43.0 Å². The van der Waals surface area contributed by atoms with Gasteiger partial charge in [0.2, 0.25) is 0 Å². The molecular weight excluding hydrogens is 285 g/mol. The van der Waals surface area contributed by atoms with Crippen molar-refractivity contribution in [3.63, 3.8) is 0 Å². The first-order valence-electron chi connectivity index (χ1n) is 5.78. The van der Waals surface area contributed by atoms with E-state index in [-0.39, 0.29) is 30.0 Å². The Morgan fingerprint density at radius 1 is 1.47 bits per heavy atom. The van der Waals surface area contributed by atoms with Gasteiger partial charge in [-0.15, -0.1) is 0 Å². The maximum absolute atomic E-state index is 13.5. The van der Waals surface area contributed by atoms with E-state index < -0.39 is 0 Å². The summed E-state index contributed by atoms with van der Waals surface area (Å²) in [4.78, 5) is 12.0. The highest BCUT2D eigenvalue weighted by Gasteiger charge is 2.27. The van der Waals surface area contributed by atoms with E-state index in [1.807, 2.05) is 0 Å². The van der Waals surface area contributed by atoms with Crippen molar-refractivity contribution in [2.24, 2.45) is 11.7 Å². The lowest BCUT2D eigenvalue weighted by Crippen LogP contribution is -2.19. The Morgan fingerprint density at radius 2 is 2.24 bits per heavy atom. The van der Waals surface area contributed by atoms with Crippen LogP contribution >= 0.6 is 15.9 Å². The van der Waals surface area contributed by atoms with Crippen LogP contribution < -0.4 is 5.73 Å². The van der Waals surface area contributed by atoms with Crippen LogP contribution in [0, 0.1) is 11.7 Å². The SMILES string of the molecule is NC1CCC(C(=O)Cc2cc(Br)ccc2F)C1. The largest absolute Gasteiger partial charge is 0.328 e. The maximum Gasteiger partial charge on any atom is 0.140 e. The maximum atomic E-state index is 13.5. The third-order valence-electron chi connectivity index (χ3n) is 3.30. The molecule has 1 saturated carbocycles. The molecule has 0 aliphatic heterocycles. The molecule has 0 bridgehead atoms. The zero-order valence-corrected chi connectivity index (χ0v) is 11.0. The zero-order chi connectivity index (χ0) is 12.4. The van der Waals surface area contributed by atoms with E-state index in [2.05, 4.69) is 15.9 Å². The monoisotopic (exact) mass is 299 g/mol. The van der Waals surface area contributed by atoms with Crippen LogP contribution in [0.15, 0.2) is 22.7 Å². The molecule has 4 heteroatoms. The second kappa shape index (κ2) is 5.27. The van der Waals surface area contributed by atoms with E-state index in [1.54, 1.807) is 12.1 Å². The van der Waals surface area contributed by atoms with Gasteiger partial charge >= 0.3 is 0 Å². The fraction of sp³-hybridized carbons (Fsp3) is 0.462. The van der Waals surface area contributed by atoms with Gasteiger partial charge in [-0.1, -0.05) is 15.9 Å². The zero-order valence-electron chi connectivity index (χ0n) is 9.46. The van der Waals surface area contributed by atoms with Crippen LogP contribution in [0.3, 0.4) is 0 Å². The van der Waals surface area contributed by atoms with Gasteiger partial charge in [0.15, 0.2) is 0 Å². The van der Waals surface area contributed by atoms with E-state index in [9.17, 15) is 9.18 Å². The van der Waals surface area contributed by atoms with Gasteiger partial charge in [0.25, 0.3) is 0 Å². The molecular formula is C13H15BrFNO. The van der Waals surface area contributed by atoms with Gasteiger partial charge < -0.3 is 5.73 Å². The first kappa shape index (κ1) is 12.7. The number of Topliss-reactive ketones (excluding diaryl/α,β-unsaturated/α-hetero) is 1. The average Bonchev–Trinajstić information content (AvgIpc) is 2.70. The second-order valence-electron chi connectivity index (χ2n) is 4.65. The number of carbonyl (C=O) groups excluding carboxylic acids is 1. The topological polar surface area (TPSA) is 43.1 Å². The number of hydrogen-bond donors (Lipinski definition) is 1. The Balaban J connectivity index is 2.05. The predicted octanol–water partition coefficient (Wildman–Crippen LogP) is 2.83. The molecule has 1 fully saturated rings. The molecule has 92 valence electrons. The molecule has 2 nitrogen and oxygen atoms in total. The molecule has 0 amide bonds. The number of benzene rings is 1. The number of hydrogen-bond acceptors (Lipinski definition) is 2. The molecule has 1 aromatic rings. The van der Waals surface area contributed by atoms with Gasteiger partial charge in [0.05, 0.1) is 0 Å². The minimum atomic E-state index is -0.316. The molecule has 2 atom stereocenters. The number of rotatable bonds is 3. The summed E-state index contributed by atoms with van der Waals surface area (Å²) < 4.78 is 14.3. The summed E-state index contributed by atoms with van der Waals surface area (Å²) in [5.74, 6) is -0.192. The predicted molar refractivity (Wildman–Crippen MR) is 68.1 cm³/mol. The summed E-state index contributed by atoms with van der Waals surface area (Å²) in [7, 11) is 0.